The van der Waals surface area contributed by atoms with Gasteiger partial charge in [0.2, 0.25) is 0 Å². The van der Waals surface area contributed by atoms with E-state index < -0.39 is 5.60 Å². The highest BCUT2D eigenvalue weighted by Gasteiger charge is 2.23. The molecular formula is C17H23NO2S. The van der Waals surface area contributed by atoms with Gasteiger partial charge in [-0.3, -0.25) is 0 Å². The van der Waals surface area contributed by atoms with Crippen LogP contribution in [0.1, 0.15) is 33.3 Å². The summed E-state index contributed by atoms with van der Waals surface area (Å²) in [7, 11) is 1.79. The summed E-state index contributed by atoms with van der Waals surface area (Å²) in [5, 5.41) is 3.38. The van der Waals surface area contributed by atoms with Crippen LogP contribution in [0.3, 0.4) is 0 Å². The number of likely N-dealkylation sites (N-methyl/N-ethyl adjacent to an activating group) is 1. The monoisotopic (exact) mass is 305 g/mol. The van der Waals surface area contributed by atoms with Crippen molar-refractivity contribution in [2.24, 2.45) is 0 Å². The fourth-order valence-corrected chi connectivity index (χ4v) is 2.97. The SMILES string of the molecule is CC(Cc1ccc2ccsc2c1)N(C)C(=O)OC(C)(C)C. The lowest BCUT2D eigenvalue weighted by Crippen LogP contribution is -2.40. The van der Waals surface area contributed by atoms with Gasteiger partial charge in [0.05, 0.1) is 0 Å². The first-order chi connectivity index (χ1) is 9.76. The van der Waals surface area contributed by atoms with Crippen molar-refractivity contribution < 1.29 is 9.53 Å². The minimum atomic E-state index is -0.457. The highest BCUT2D eigenvalue weighted by atomic mass is 32.1. The van der Waals surface area contributed by atoms with Gasteiger partial charge in [-0.2, -0.15) is 0 Å². The zero-order chi connectivity index (χ0) is 15.6. The Labute approximate surface area is 130 Å². The molecule has 0 radical (unpaired) electrons. The molecule has 0 N–H and O–H groups in total. The molecule has 4 heteroatoms. The van der Waals surface area contributed by atoms with Crippen LogP contribution in [0, 0.1) is 0 Å². The molecule has 3 nitrogen and oxygen atoms in total. The van der Waals surface area contributed by atoms with E-state index in [4.69, 9.17) is 4.74 Å². The van der Waals surface area contributed by atoms with Crippen LogP contribution in [0.2, 0.25) is 0 Å². The number of carbonyl (C=O) groups excluding carboxylic acids is 1. The van der Waals surface area contributed by atoms with E-state index >= 15 is 0 Å². The Morgan fingerprint density at radius 2 is 2.05 bits per heavy atom. The number of carbonyl (C=O) groups is 1. The highest BCUT2D eigenvalue weighted by Crippen LogP contribution is 2.23. The average molecular weight is 305 g/mol. The Kier molecular flexibility index (Phi) is 4.57. The molecule has 21 heavy (non-hydrogen) atoms. The second kappa shape index (κ2) is 6.06. The second-order valence-electron chi connectivity index (χ2n) is 6.44. The van der Waals surface area contributed by atoms with Gasteiger partial charge in [-0.05, 0) is 62.6 Å². The van der Waals surface area contributed by atoms with E-state index in [0.29, 0.717) is 0 Å². The maximum absolute atomic E-state index is 12.1. The van der Waals surface area contributed by atoms with Gasteiger partial charge in [0, 0.05) is 17.8 Å². The van der Waals surface area contributed by atoms with Gasteiger partial charge < -0.3 is 9.64 Å². The van der Waals surface area contributed by atoms with Gasteiger partial charge in [-0.25, -0.2) is 4.79 Å². The van der Waals surface area contributed by atoms with E-state index in [9.17, 15) is 4.79 Å². The first kappa shape index (κ1) is 15.8. The molecule has 0 spiro atoms. The molecule has 1 aromatic carbocycles. The first-order valence-corrected chi connectivity index (χ1v) is 8.06. The van der Waals surface area contributed by atoms with Gasteiger partial charge in [0.15, 0.2) is 0 Å². The quantitative estimate of drug-likeness (QED) is 0.822. The lowest BCUT2D eigenvalue weighted by atomic mass is 10.1. The maximum atomic E-state index is 12.1. The van der Waals surface area contributed by atoms with Gasteiger partial charge in [-0.1, -0.05) is 12.1 Å². The number of hydrogen-bond acceptors (Lipinski definition) is 3. The molecule has 114 valence electrons. The van der Waals surface area contributed by atoms with Gasteiger partial charge >= 0.3 is 6.09 Å². The number of ether oxygens (including phenoxy) is 1. The van der Waals surface area contributed by atoms with E-state index in [2.05, 4.69) is 29.6 Å². The smallest absolute Gasteiger partial charge is 0.410 e. The van der Waals surface area contributed by atoms with Crippen molar-refractivity contribution in [2.75, 3.05) is 7.05 Å². The Hall–Kier alpha value is -1.55. The van der Waals surface area contributed by atoms with Crippen molar-refractivity contribution >= 4 is 27.5 Å². The molecule has 1 atom stereocenters. The third-order valence-electron chi connectivity index (χ3n) is 3.39. The summed E-state index contributed by atoms with van der Waals surface area (Å²) in [5.74, 6) is 0. The largest absolute Gasteiger partial charge is 0.444 e. The summed E-state index contributed by atoms with van der Waals surface area (Å²) in [4.78, 5) is 13.7. The minimum absolute atomic E-state index is 0.0947. The number of amides is 1. The average Bonchev–Trinajstić information content (AvgIpc) is 2.83. The van der Waals surface area contributed by atoms with Crippen molar-refractivity contribution in [3.05, 3.63) is 35.2 Å². The summed E-state index contributed by atoms with van der Waals surface area (Å²) < 4.78 is 6.70. The van der Waals surface area contributed by atoms with Crippen LogP contribution in [0.15, 0.2) is 29.6 Å². The third-order valence-corrected chi connectivity index (χ3v) is 4.27. The Morgan fingerprint density at radius 3 is 2.71 bits per heavy atom. The van der Waals surface area contributed by atoms with Crippen molar-refractivity contribution in [1.82, 2.24) is 4.90 Å². The number of benzene rings is 1. The Balaban J connectivity index is 2.02. The van der Waals surface area contributed by atoms with E-state index in [1.165, 1.54) is 15.6 Å². The molecule has 1 amide bonds. The van der Waals surface area contributed by atoms with Gasteiger partial charge in [-0.15, -0.1) is 11.3 Å². The molecule has 0 aliphatic rings. The summed E-state index contributed by atoms with van der Waals surface area (Å²) in [6.45, 7) is 7.69. The predicted molar refractivity (Wildman–Crippen MR) is 89.0 cm³/mol. The molecule has 0 aliphatic heterocycles. The predicted octanol–water partition coefficient (Wildman–Crippen LogP) is 4.70. The standard InChI is InChI=1S/C17H23NO2S/c1-12(18(5)16(19)20-17(2,3)4)10-13-6-7-14-8-9-21-15(14)11-13/h6-9,11-12H,10H2,1-5H3. The van der Waals surface area contributed by atoms with Gasteiger partial charge in [0.25, 0.3) is 0 Å². The number of rotatable bonds is 3. The Morgan fingerprint density at radius 1 is 1.33 bits per heavy atom. The fourth-order valence-electron chi connectivity index (χ4n) is 2.12. The summed E-state index contributed by atoms with van der Waals surface area (Å²) >= 11 is 1.75. The summed E-state index contributed by atoms with van der Waals surface area (Å²) in [5.41, 5.74) is 0.786. The van der Waals surface area contributed by atoms with Crippen LogP contribution in [0.25, 0.3) is 10.1 Å². The van der Waals surface area contributed by atoms with Crippen LogP contribution in [0.4, 0.5) is 4.79 Å². The number of fused-ring (bicyclic) bond motifs is 1. The van der Waals surface area contributed by atoms with Crippen LogP contribution in [-0.2, 0) is 11.2 Å². The maximum Gasteiger partial charge on any atom is 0.410 e. The highest BCUT2D eigenvalue weighted by molar-refractivity contribution is 7.17. The topological polar surface area (TPSA) is 29.5 Å². The number of hydrogen-bond donors (Lipinski definition) is 0. The van der Waals surface area contributed by atoms with Crippen molar-refractivity contribution in [1.29, 1.82) is 0 Å². The molecule has 1 unspecified atom stereocenters. The molecule has 0 bridgehead atoms. The van der Waals surface area contributed by atoms with Crippen molar-refractivity contribution in [2.45, 2.75) is 45.8 Å². The zero-order valence-electron chi connectivity index (χ0n) is 13.3. The summed E-state index contributed by atoms with van der Waals surface area (Å²) in [6, 6.07) is 8.70. The number of nitrogens with zero attached hydrogens (tertiary/aromatic N) is 1. The van der Waals surface area contributed by atoms with E-state index in [0.717, 1.165) is 6.42 Å². The van der Waals surface area contributed by atoms with Crippen LogP contribution in [-0.4, -0.2) is 29.7 Å². The lowest BCUT2D eigenvalue weighted by Gasteiger charge is -2.28. The van der Waals surface area contributed by atoms with Crippen LogP contribution in [0.5, 0.6) is 0 Å². The third kappa shape index (κ3) is 4.21. The Bertz CT molecular complexity index is 627. The molecule has 0 aliphatic carbocycles. The van der Waals surface area contributed by atoms with Crippen LogP contribution < -0.4 is 0 Å². The molecule has 2 rings (SSSR count). The molecular weight excluding hydrogens is 282 g/mol. The molecule has 0 saturated carbocycles. The zero-order valence-corrected chi connectivity index (χ0v) is 14.2. The molecule has 1 heterocycles. The number of thiophene rings is 1. The van der Waals surface area contributed by atoms with Crippen LogP contribution >= 0.6 is 11.3 Å². The normalized spacial score (nSPS) is 13.2. The summed E-state index contributed by atoms with van der Waals surface area (Å²) in [6.07, 6.45) is 0.552. The minimum Gasteiger partial charge on any atom is -0.444 e. The van der Waals surface area contributed by atoms with Crippen molar-refractivity contribution in [3.8, 4) is 0 Å². The van der Waals surface area contributed by atoms with E-state index in [1.807, 2.05) is 27.7 Å². The van der Waals surface area contributed by atoms with E-state index in [-0.39, 0.29) is 12.1 Å². The second-order valence-corrected chi connectivity index (χ2v) is 7.38. The molecule has 1 aromatic heterocycles. The first-order valence-electron chi connectivity index (χ1n) is 7.18. The lowest BCUT2D eigenvalue weighted by molar-refractivity contribution is 0.0236. The molecule has 0 saturated heterocycles. The fraction of sp³-hybridized carbons (Fsp3) is 0.471. The van der Waals surface area contributed by atoms with Crippen molar-refractivity contribution in [3.63, 3.8) is 0 Å². The molecule has 0 fully saturated rings. The van der Waals surface area contributed by atoms with Gasteiger partial charge in [0.1, 0.15) is 5.60 Å². The molecule has 2 aromatic rings. The van der Waals surface area contributed by atoms with E-state index in [1.54, 1.807) is 23.3 Å².